The van der Waals surface area contributed by atoms with Crippen molar-refractivity contribution in [2.24, 2.45) is 0 Å². The summed E-state index contributed by atoms with van der Waals surface area (Å²) >= 11 is 0. The molecule has 1 saturated carbocycles. The van der Waals surface area contributed by atoms with E-state index in [1.54, 1.807) is 0 Å². The summed E-state index contributed by atoms with van der Waals surface area (Å²) in [6.07, 6.45) is 20.9. The van der Waals surface area contributed by atoms with Gasteiger partial charge in [0, 0.05) is 0 Å². The second kappa shape index (κ2) is 16.4. The van der Waals surface area contributed by atoms with E-state index in [0.717, 1.165) is 62.5 Å². The standard InChI is InChI=1S/C35H49NO2/c1-3-5-7-9-10-11-14-17-29-19-22-32(23-20-29)35(25-15-12-16-26-35)34(37)38-33-24-21-30(27-31(33)28-36)18-13-8-6-4-2/h19-24,27H,3-18,25-26H2,1-2H3. The van der Waals surface area contributed by atoms with E-state index in [9.17, 15) is 10.1 Å². The van der Waals surface area contributed by atoms with Crippen molar-refractivity contribution in [1.29, 1.82) is 5.26 Å². The fourth-order valence-corrected chi connectivity index (χ4v) is 5.91. The van der Waals surface area contributed by atoms with Gasteiger partial charge >= 0.3 is 5.97 Å². The lowest BCUT2D eigenvalue weighted by Gasteiger charge is -2.35. The number of carbonyl (C=O) groups excluding carboxylic acids is 1. The van der Waals surface area contributed by atoms with E-state index in [0.29, 0.717) is 11.3 Å². The van der Waals surface area contributed by atoms with E-state index in [2.05, 4.69) is 44.2 Å². The Bertz CT molecular complexity index is 1010. The number of nitriles is 1. The van der Waals surface area contributed by atoms with E-state index in [1.165, 1.54) is 69.8 Å². The molecule has 0 radical (unpaired) electrons. The molecule has 0 aliphatic heterocycles. The molecule has 1 aliphatic rings. The molecule has 0 aromatic heterocycles. The number of nitrogens with zero attached hydrogens (tertiary/aromatic N) is 1. The number of aryl methyl sites for hydroxylation is 2. The van der Waals surface area contributed by atoms with Crippen molar-refractivity contribution in [3.8, 4) is 11.8 Å². The molecule has 0 unspecified atom stereocenters. The largest absolute Gasteiger partial charge is 0.424 e. The lowest BCUT2D eigenvalue weighted by atomic mass is 9.69. The Morgan fingerprint density at radius 1 is 0.763 bits per heavy atom. The Morgan fingerprint density at radius 3 is 1.95 bits per heavy atom. The molecule has 1 fully saturated rings. The molecule has 0 atom stereocenters. The zero-order valence-corrected chi connectivity index (χ0v) is 24.0. The predicted octanol–water partition coefficient (Wildman–Crippen LogP) is 9.78. The van der Waals surface area contributed by atoms with E-state index in [-0.39, 0.29) is 5.97 Å². The first-order valence-electron chi connectivity index (χ1n) is 15.5. The fraction of sp³-hybridized carbons (Fsp3) is 0.600. The smallest absolute Gasteiger partial charge is 0.321 e. The number of benzene rings is 2. The van der Waals surface area contributed by atoms with E-state index < -0.39 is 5.41 Å². The fourth-order valence-electron chi connectivity index (χ4n) is 5.91. The normalized spacial score (nSPS) is 14.7. The van der Waals surface area contributed by atoms with Crippen molar-refractivity contribution in [3.05, 3.63) is 64.7 Å². The molecular formula is C35H49NO2. The molecule has 0 amide bonds. The van der Waals surface area contributed by atoms with Gasteiger partial charge < -0.3 is 4.74 Å². The lowest BCUT2D eigenvalue weighted by Crippen LogP contribution is -2.41. The Hall–Kier alpha value is -2.60. The molecule has 3 nitrogen and oxygen atoms in total. The van der Waals surface area contributed by atoms with Crippen molar-refractivity contribution >= 4 is 5.97 Å². The third-order valence-corrected chi connectivity index (χ3v) is 8.36. The van der Waals surface area contributed by atoms with Crippen LogP contribution in [0.4, 0.5) is 0 Å². The molecule has 0 N–H and O–H groups in total. The van der Waals surface area contributed by atoms with Crippen LogP contribution < -0.4 is 4.74 Å². The Labute approximate surface area is 232 Å². The number of rotatable bonds is 16. The summed E-state index contributed by atoms with van der Waals surface area (Å²) in [5, 5.41) is 9.79. The van der Waals surface area contributed by atoms with Gasteiger partial charge in [-0.15, -0.1) is 0 Å². The van der Waals surface area contributed by atoms with Crippen LogP contribution in [-0.2, 0) is 23.1 Å². The molecule has 2 aromatic rings. The summed E-state index contributed by atoms with van der Waals surface area (Å²) in [6, 6.07) is 16.8. The van der Waals surface area contributed by atoms with Crippen LogP contribution in [0.25, 0.3) is 0 Å². The third-order valence-electron chi connectivity index (χ3n) is 8.36. The monoisotopic (exact) mass is 515 g/mol. The summed E-state index contributed by atoms with van der Waals surface area (Å²) < 4.78 is 6.02. The minimum Gasteiger partial charge on any atom is -0.424 e. The van der Waals surface area contributed by atoms with Gasteiger partial charge in [0.2, 0.25) is 0 Å². The zero-order chi connectivity index (χ0) is 27.1. The quantitative estimate of drug-likeness (QED) is 0.127. The van der Waals surface area contributed by atoms with Crippen LogP contribution in [0.1, 0.15) is 139 Å². The summed E-state index contributed by atoms with van der Waals surface area (Å²) in [5.41, 5.74) is 3.39. The molecule has 38 heavy (non-hydrogen) atoms. The third kappa shape index (κ3) is 8.72. The van der Waals surface area contributed by atoms with Gasteiger partial charge in [-0.25, -0.2) is 0 Å². The molecule has 0 bridgehead atoms. The number of hydrogen-bond donors (Lipinski definition) is 0. The van der Waals surface area contributed by atoms with Crippen molar-refractivity contribution in [2.75, 3.05) is 0 Å². The van der Waals surface area contributed by atoms with E-state index >= 15 is 0 Å². The first-order valence-corrected chi connectivity index (χ1v) is 15.5. The molecule has 0 heterocycles. The maximum absolute atomic E-state index is 13.8. The first kappa shape index (κ1) is 29.9. The molecule has 2 aromatic carbocycles. The Kier molecular flexibility index (Phi) is 12.9. The van der Waals surface area contributed by atoms with Crippen LogP contribution in [0.15, 0.2) is 42.5 Å². The van der Waals surface area contributed by atoms with Gasteiger partial charge in [0.25, 0.3) is 0 Å². The Morgan fingerprint density at radius 2 is 1.32 bits per heavy atom. The summed E-state index contributed by atoms with van der Waals surface area (Å²) in [6.45, 7) is 4.47. The maximum Gasteiger partial charge on any atom is 0.321 e. The number of unbranched alkanes of at least 4 members (excludes halogenated alkanes) is 9. The molecule has 0 saturated heterocycles. The molecule has 3 heteroatoms. The van der Waals surface area contributed by atoms with Crippen molar-refractivity contribution < 1.29 is 9.53 Å². The first-order chi connectivity index (χ1) is 18.6. The van der Waals surface area contributed by atoms with Crippen LogP contribution in [0.2, 0.25) is 0 Å². The topological polar surface area (TPSA) is 50.1 Å². The van der Waals surface area contributed by atoms with Crippen molar-refractivity contribution in [3.63, 3.8) is 0 Å². The molecular weight excluding hydrogens is 466 g/mol. The van der Waals surface area contributed by atoms with Gasteiger partial charge in [0.15, 0.2) is 0 Å². The maximum atomic E-state index is 13.8. The number of ether oxygens (including phenoxy) is 1. The van der Waals surface area contributed by atoms with Crippen molar-refractivity contribution in [2.45, 2.75) is 135 Å². The van der Waals surface area contributed by atoms with Crippen LogP contribution in [0.3, 0.4) is 0 Å². The number of esters is 1. The van der Waals surface area contributed by atoms with E-state index in [1.807, 2.05) is 18.2 Å². The van der Waals surface area contributed by atoms with Crippen LogP contribution >= 0.6 is 0 Å². The molecule has 0 spiro atoms. The molecule has 1 aliphatic carbocycles. The summed E-state index contributed by atoms with van der Waals surface area (Å²) in [7, 11) is 0. The lowest BCUT2D eigenvalue weighted by molar-refractivity contribution is -0.142. The predicted molar refractivity (Wildman–Crippen MR) is 158 cm³/mol. The van der Waals surface area contributed by atoms with Crippen LogP contribution in [0, 0.1) is 11.3 Å². The second-order valence-electron chi connectivity index (χ2n) is 11.4. The highest BCUT2D eigenvalue weighted by Gasteiger charge is 2.43. The van der Waals surface area contributed by atoms with Gasteiger partial charge in [-0.3, -0.25) is 4.79 Å². The van der Waals surface area contributed by atoms with Gasteiger partial charge in [0.1, 0.15) is 11.8 Å². The van der Waals surface area contributed by atoms with Crippen molar-refractivity contribution in [1.82, 2.24) is 0 Å². The second-order valence-corrected chi connectivity index (χ2v) is 11.4. The average Bonchev–Trinajstić information content (AvgIpc) is 2.96. The molecule has 3 rings (SSSR count). The zero-order valence-electron chi connectivity index (χ0n) is 24.0. The van der Waals surface area contributed by atoms with Gasteiger partial charge in [-0.05, 0) is 67.3 Å². The number of carbonyl (C=O) groups is 1. The van der Waals surface area contributed by atoms with Gasteiger partial charge in [-0.2, -0.15) is 5.26 Å². The SMILES string of the molecule is CCCCCCCCCc1ccc(C2(C(=O)Oc3ccc(CCCCCC)cc3C#N)CCCCC2)cc1. The number of hydrogen-bond acceptors (Lipinski definition) is 3. The molecule has 206 valence electrons. The summed E-state index contributed by atoms with van der Waals surface area (Å²) in [5.74, 6) is 0.194. The highest BCUT2D eigenvalue weighted by Crippen LogP contribution is 2.41. The van der Waals surface area contributed by atoms with Gasteiger partial charge in [0.05, 0.1) is 11.0 Å². The highest BCUT2D eigenvalue weighted by atomic mass is 16.5. The minimum atomic E-state index is -0.623. The van der Waals surface area contributed by atoms with E-state index in [4.69, 9.17) is 4.74 Å². The average molecular weight is 516 g/mol. The highest BCUT2D eigenvalue weighted by molar-refractivity contribution is 5.85. The Balaban J connectivity index is 1.65. The van der Waals surface area contributed by atoms with Crippen LogP contribution in [0.5, 0.6) is 5.75 Å². The summed E-state index contributed by atoms with van der Waals surface area (Å²) in [4.78, 5) is 13.8. The van der Waals surface area contributed by atoms with Gasteiger partial charge in [-0.1, -0.05) is 121 Å². The van der Waals surface area contributed by atoms with Crippen LogP contribution in [-0.4, -0.2) is 5.97 Å². The minimum absolute atomic E-state index is 0.204.